The van der Waals surface area contributed by atoms with Crippen LogP contribution in [-0.4, -0.2) is 25.3 Å². The number of fused-ring (bicyclic) bond motifs is 1. The maximum Gasteiger partial charge on any atom is 0.0645 e. The SMILES string of the molecule is C=CCOC[C@]12CC(C)NC1C2.CC.CC. The van der Waals surface area contributed by atoms with Crippen LogP contribution in [0.25, 0.3) is 0 Å². The lowest BCUT2D eigenvalue weighted by Gasteiger charge is -2.12. The van der Waals surface area contributed by atoms with E-state index < -0.39 is 0 Å². The van der Waals surface area contributed by atoms with E-state index in [1.165, 1.54) is 12.8 Å². The van der Waals surface area contributed by atoms with Crippen molar-refractivity contribution < 1.29 is 4.74 Å². The summed E-state index contributed by atoms with van der Waals surface area (Å²) in [6, 6.07) is 1.44. The zero-order valence-corrected chi connectivity index (χ0v) is 11.7. The van der Waals surface area contributed by atoms with E-state index in [0.717, 1.165) is 12.6 Å². The van der Waals surface area contributed by atoms with Gasteiger partial charge in [0.1, 0.15) is 0 Å². The Bertz CT molecular complexity index is 193. The average molecular weight is 227 g/mol. The number of piperidine rings is 1. The molecule has 1 aliphatic carbocycles. The van der Waals surface area contributed by atoms with E-state index in [4.69, 9.17) is 4.74 Å². The summed E-state index contributed by atoms with van der Waals surface area (Å²) in [6.07, 6.45) is 4.42. The fraction of sp³-hybridized carbons (Fsp3) is 0.857. The Balaban J connectivity index is 0.000000509. The second kappa shape index (κ2) is 7.86. The Morgan fingerprint density at radius 2 is 1.94 bits per heavy atom. The van der Waals surface area contributed by atoms with Crippen molar-refractivity contribution >= 4 is 0 Å². The summed E-state index contributed by atoms with van der Waals surface area (Å²) in [4.78, 5) is 0. The summed E-state index contributed by atoms with van der Waals surface area (Å²) >= 11 is 0. The van der Waals surface area contributed by atoms with Gasteiger partial charge in [-0.05, 0) is 19.8 Å². The second-order valence-electron chi connectivity index (χ2n) is 4.19. The molecule has 16 heavy (non-hydrogen) atoms. The predicted octanol–water partition coefficient (Wildman–Crippen LogP) is 3.38. The zero-order valence-electron chi connectivity index (χ0n) is 11.7. The van der Waals surface area contributed by atoms with Gasteiger partial charge in [-0.15, -0.1) is 6.58 Å². The molecular weight excluding hydrogens is 198 g/mol. The molecule has 2 heteroatoms. The standard InChI is InChI=1S/C10H17NO.2C2H6/c1-3-4-12-7-10-5-8(2)11-9(10)6-10;2*1-2/h3,8-9,11H,1,4-7H2,2H3;2*1-2H3/t8?,9?,10-;;/m1../s1. The van der Waals surface area contributed by atoms with Crippen LogP contribution >= 0.6 is 0 Å². The van der Waals surface area contributed by atoms with Gasteiger partial charge >= 0.3 is 0 Å². The lowest BCUT2D eigenvalue weighted by atomic mass is 10.0. The minimum Gasteiger partial charge on any atom is -0.377 e. The first kappa shape index (κ1) is 15.7. The maximum atomic E-state index is 5.50. The Labute approximate surface area is 101 Å². The van der Waals surface area contributed by atoms with Gasteiger partial charge in [-0.1, -0.05) is 33.8 Å². The molecule has 0 aromatic heterocycles. The molecule has 0 radical (unpaired) electrons. The van der Waals surface area contributed by atoms with Gasteiger partial charge in [0.25, 0.3) is 0 Å². The van der Waals surface area contributed by atoms with Crippen LogP contribution in [-0.2, 0) is 4.74 Å². The number of ether oxygens (including phenoxy) is 1. The summed E-state index contributed by atoms with van der Waals surface area (Å²) in [6.45, 7) is 15.5. The second-order valence-corrected chi connectivity index (χ2v) is 4.19. The van der Waals surface area contributed by atoms with E-state index in [2.05, 4.69) is 18.8 Å². The highest BCUT2D eigenvalue weighted by molar-refractivity contribution is 5.14. The smallest absolute Gasteiger partial charge is 0.0645 e. The molecule has 3 atom stereocenters. The van der Waals surface area contributed by atoms with Gasteiger partial charge in [0.05, 0.1) is 13.2 Å². The summed E-state index contributed by atoms with van der Waals surface area (Å²) < 4.78 is 5.50. The van der Waals surface area contributed by atoms with Crippen molar-refractivity contribution in [2.24, 2.45) is 5.41 Å². The van der Waals surface area contributed by atoms with Crippen molar-refractivity contribution in [3.63, 3.8) is 0 Å². The molecule has 1 aliphatic heterocycles. The van der Waals surface area contributed by atoms with Crippen molar-refractivity contribution in [3.8, 4) is 0 Å². The molecular formula is C14H29NO. The van der Waals surface area contributed by atoms with Crippen molar-refractivity contribution in [1.82, 2.24) is 5.32 Å². The quantitative estimate of drug-likeness (QED) is 0.587. The van der Waals surface area contributed by atoms with E-state index in [-0.39, 0.29) is 0 Å². The Hall–Kier alpha value is -0.340. The third kappa shape index (κ3) is 3.91. The van der Waals surface area contributed by atoms with Gasteiger partial charge in [0.15, 0.2) is 0 Å². The zero-order chi connectivity index (χ0) is 12.6. The molecule has 2 aliphatic rings. The topological polar surface area (TPSA) is 21.3 Å². The summed E-state index contributed by atoms with van der Waals surface area (Å²) in [5.74, 6) is 0. The van der Waals surface area contributed by atoms with Crippen molar-refractivity contribution in [1.29, 1.82) is 0 Å². The summed E-state index contributed by atoms with van der Waals surface area (Å²) in [5, 5.41) is 3.55. The van der Waals surface area contributed by atoms with Crippen molar-refractivity contribution in [2.75, 3.05) is 13.2 Å². The molecule has 0 aromatic rings. The first-order valence-electron chi connectivity index (χ1n) is 6.71. The van der Waals surface area contributed by atoms with Crippen LogP contribution in [0.4, 0.5) is 0 Å². The third-order valence-electron chi connectivity index (χ3n) is 3.01. The highest BCUT2D eigenvalue weighted by Gasteiger charge is 2.59. The average Bonchev–Trinajstić information content (AvgIpc) is 2.87. The van der Waals surface area contributed by atoms with E-state index in [1.807, 2.05) is 33.8 Å². The Morgan fingerprint density at radius 1 is 1.31 bits per heavy atom. The first-order valence-corrected chi connectivity index (χ1v) is 6.71. The fourth-order valence-electron chi connectivity index (χ4n) is 2.39. The first-order chi connectivity index (χ1) is 7.77. The van der Waals surface area contributed by atoms with Crippen molar-refractivity contribution in [2.45, 2.75) is 59.5 Å². The number of hydrogen-bond donors (Lipinski definition) is 1. The number of rotatable bonds is 4. The lowest BCUT2D eigenvalue weighted by molar-refractivity contribution is 0.111. The molecule has 1 N–H and O–H groups in total. The fourth-order valence-corrected chi connectivity index (χ4v) is 2.39. The summed E-state index contributed by atoms with van der Waals surface area (Å²) in [7, 11) is 0. The van der Waals surface area contributed by atoms with E-state index in [1.54, 1.807) is 0 Å². The van der Waals surface area contributed by atoms with Gasteiger partial charge in [-0.2, -0.15) is 0 Å². The monoisotopic (exact) mass is 227 g/mol. The van der Waals surface area contributed by atoms with Crippen LogP contribution in [0.5, 0.6) is 0 Å². The highest BCUT2D eigenvalue weighted by Crippen LogP contribution is 2.54. The minimum atomic E-state index is 0.502. The molecule has 0 amide bonds. The number of hydrogen-bond acceptors (Lipinski definition) is 2. The predicted molar refractivity (Wildman–Crippen MR) is 71.8 cm³/mol. The van der Waals surface area contributed by atoms with Gasteiger partial charge < -0.3 is 10.1 Å². The molecule has 1 saturated carbocycles. The van der Waals surface area contributed by atoms with Crippen LogP contribution in [0.15, 0.2) is 12.7 Å². The number of nitrogens with one attached hydrogen (secondary N) is 1. The van der Waals surface area contributed by atoms with E-state index in [0.29, 0.717) is 18.1 Å². The molecule has 1 saturated heterocycles. The molecule has 2 unspecified atom stereocenters. The van der Waals surface area contributed by atoms with Crippen LogP contribution < -0.4 is 5.32 Å². The van der Waals surface area contributed by atoms with Gasteiger partial charge in [0, 0.05) is 17.5 Å². The van der Waals surface area contributed by atoms with E-state index in [9.17, 15) is 0 Å². The third-order valence-corrected chi connectivity index (χ3v) is 3.01. The van der Waals surface area contributed by atoms with E-state index >= 15 is 0 Å². The van der Waals surface area contributed by atoms with Gasteiger partial charge in [-0.25, -0.2) is 0 Å². The lowest BCUT2D eigenvalue weighted by Crippen LogP contribution is -2.21. The minimum absolute atomic E-state index is 0.502. The molecule has 0 bridgehead atoms. The molecule has 0 aromatic carbocycles. The van der Waals surface area contributed by atoms with Gasteiger partial charge in [0.2, 0.25) is 0 Å². The normalized spacial score (nSPS) is 33.8. The largest absolute Gasteiger partial charge is 0.377 e. The Kier molecular flexibility index (Phi) is 7.69. The Morgan fingerprint density at radius 3 is 2.38 bits per heavy atom. The van der Waals surface area contributed by atoms with Crippen LogP contribution in [0.2, 0.25) is 0 Å². The molecule has 0 spiro atoms. The molecule has 2 rings (SSSR count). The molecule has 1 heterocycles. The maximum absolute atomic E-state index is 5.50. The highest BCUT2D eigenvalue weighted by atomic mass is 16.5. The van der Waals surface area contributed by atoms with Gasteiger partial charge in [-0.3, -0.25) is 0 Å². The van der Waals surface area contributed by atoms with Crippen LogP contribution in [0.3, 0.4) is 0 Å². The van der Waals surface area contributed by atoms with Crippen LogP contribution in [0, 0.1) is 5.41 Å². The molecule has 2 nitrogen and oxygen atoms in total. The van der Waals surface area contributed by atoms with Crippen LogP contribution in [0.1, 0.15) is 47.5 Å². The summed E-state index contributed by atoms with van der Waals surface area (Å²) in [5.41, 5.74) is 0.502. The van der Waals surface area contributed by atoms with Crippen molar-refractivity contribution in [3.05, 3.63) is 12.7 Å². The molecule has 2 fully saturated rings. The molecule has 96 valence electrons.